The van der Waals surface area contributed by atoms with Gasteiger partial charge in [0.1, 0.15) is 0 Å². The van der Waals surface area contributed by atoms with Crippen LogP contribution in [0.2, 0.25) is 0 Å². The number of benzene rings is 1. The lowest BCUT2D eigenvalue weighted by Crippen LogP contribution is -2.22. The first-order valence-corrected chi connectivity index (χ1v) is 4.89. The molecule has 0 aliphatic heterocycles. The summed E-state index contributed by atoms with van der Waals surface area (Å²) in [5.41, 5.74) is 4.15. The number of aliphatic carboxylic acids is 1. The molecule has 0 aliphatic rings. The van der Waals surface area contributed by atoms with Crippen molar-refractivity contribution >= 4 is 5.97 Å². The van der Waals surface area contributed by atoms with Gasteiger partial charge < -0.3 is 10.2 Å². The lowest BCUT2D eigenvalue weighted by atomic mass is 9.95. The lowest BCUT2D eigenvalue weighted by molar-refractivity contribution is -0.146. The van der Waals surface area contributed by atoms with Gasteiger partial charge >= 0.3 is 5.97 Å². The van der Waals surface area contributed by atoms with Gasteiger partial charge in [-0.3, -0.25) is 0 Å². The molecule has 3 nitrogen and oxygen atoms in total. The van der Waals surface area contributed by atoms with Crippen LogP contribution in [0.1, 0.15) is 22.3 Å². The van der Waals surface area contributed by atoms with Gasteiger partial charge in [0.05, 0.1) is 0 Å². The van der Waals surface area contributed by atoms with Crippen LogP contribution in [0.4, 0.5) is 0 Å². The predicted molar refractivity (Wildman–Crippen MR) is 58.0 cm³/mol. The molecule has 2 N–H and O–H groups in total. The van der Waals surface area contributed by atoms with Gasteiger partial charge in [0.25, 0.3) is 0 Å². The Morgan fingerprint density at radius 2 is 1.73 bits per heavy atom. The van der Waals surface area contributed by atoms with E-state index < -0.39 is 12.1 Å². The quantitative estimate of drug-likeness (QED) is 0.793. The smallest absolute Gasteiger partial charge is 0.332 e. The minimum atomic E-state index is -1.31. The van der Waals surface area contributed by atoms with Crippen molar-refractivity contribution in [1.82, 2.24) is 0 Å². The number of hydrogen-bond donors (Lipinski definition) is 2. The van der Waals surface area contributed by atoms with Crippen LogP contribution >= 0.6 is 0 Å². The van der Waals surface area contributed by atoms with Crippen LogP contribution < -0.4 is 0 Å². The number of rotatable bonds is 3. The Labute approximate surface area is 89.4 Å². The topological polar surface area (TPSA) is 57.5 Å². The molecule has 0 aromatic heterocycles. The fraction of sp³-hybridized carbons (Fsp3) is 0.417. The largest absolute Gasteiger partial charge is 0.479 e. The Kier molecular flexibility index (Phi) is 3.48. The van der Waals surface area contributed by atoms with E-state index in [0.717, 1.165) is 22.3 Å². The Morgan fingerprint density at radius 1 is 1.27 bits per heavy atom. The van der Waals surface area contributed by atoms with Crippen molar-refractivity contribution in [2.75, 3.05) is 0 Å². The van der Waals surface area contributed by atoms with Crippen molar-refractivity contribution in [3.8, 4) is 0 Å². The molecule has 1 aromatic rings. The van der Waals surface area contributed by atoms with E-state index in [0.29, 0.717) is 0 Å². The summed E-state index contributed by atoms with van der Waals surface area (Å²) in [6.45, 7) is 5.87. The number of carbonyl (C=O) groups is 1. The summed E-state index contributed by atoms with van der Waals surface area (Å²) in [6, 6.07) is 3.99. The second-order valence-corrected chi connectivity index (χ2v) is 3.94. The second-order valence-electron chi connectivity index (χ2n) is 3.94. The van der Waals surface area contributed by atoms with Crippen molar-refractivity contribution in [1.29, 1.82) is 0 Å². The average molecular weight is 208 g/mol. The second kappa shape index (κ2) is 4.45. The molecular formula is C12H16O3. The fourth-order valence-corrected chi connectivity index (χ4v) is 1.81. The third-order valence-corrected chi connectivity index (χ3v) is 2.52. The Bertz CT molecular complexity index is 359. The van der Waals surface area contributed by atoms with E-state index in [-0.39, 0.29) is 6.42 Å². The van der Waals surface area contributed by atoms with Gasteiger partial charge in [0.2, 0.25) is 0 Å². The molecular weight excluding hydrogens is 192 g/mol. The highest BCUT2D eigenvalue weighted by Gasteiger charge is 2.16. The van der Waals surface area contributed by atoms with Crippen LogP contribution in [-0.4, -0.2) is 22.3 Å². The van der Waals surface area contributed by atoms with Crippen molar-refractivity contribution in [2.45, 2.75) is 33.3 Å². The number of carboxylic acid groups (broad SMARTS) is 1. The van der Waals surface area contributed by atoms with Crippen LogP contribution in [0.3, 0.4) is 0 Å². The van der Waals surface area contributed by atoms with Crippen molar-refractivity contribution < 1.29 is 15.0 Å². The summed E-state index contributed by atoms with van der Waals surface area (Å²) < 4.78 is 0. The molecule has 82 valence electrons. The summed E-state index contributed by atoms with van der Waals surface area (Å²) in [7, 11) is 0. The molecule has 0 saturated heterocycles. The zero-order valence-electron chi connectivity index (χ0n) is 9.24. The van der Waals surface area contributed by atoms with Crippen molar-refractivity contribution in [2.24, 2.45) is 0 Å². The van der Waals surface area contributed by atoms with Crippen LogP contribution in [0.25, 0.3) is 0 Å². The molecule has 3 heteroatoms. The van der Waals surface area contributed by atoms with Gasteiger partial charge in [0.15, 0.2) is 6.10 Å². The molecule has 0 spiro atoms. The average Bonchev–Trinajstić information content (AvgIpc) is 2.10. The van der Waals surface area contributed by atoms with Gasteiger partial charge in [-0.2, -0.15) is 0 Å². The van der Waals surface area contributed by atoms with E-state index in [1.165, 1.54) is 0 Å². The summed E-state index contributed by atoms with van der Waals surface area (Å²) >= 11 is 0. The molecule has 0 saturated carbocycles. The van der Waals surface area contributed by atoms with Gasteiger partial charge in [-0.15, -0.1) is 0 Å². The summed E-state index contributed by atoms with van der Waals surface area (Å²) in [5, 5.41) is 17.9. The van der Waals surface area contributed by atoms with Crippen LogP contribution in [0.5, 0.6) is 0 Å². The summed E-state index contributed by atoms with van der Waals surface area (Å²) in [4.78, 5) is 10.5. The molecule has 0 aliphatic carbocycles. The van der Waals surface area contributed by atoms with Crippen LogP contribution in [0.15, 0.2) is 12.1 Å². The highest BCUT2D eigenvalue weighted by Crippen LogP contribution is 2.18. The molecule has 0 bridgehead atoms. The Balaban J connectivity index is 3.00. The highest BCUT2D eigenvalue weighted by atomic mass is 16.4. The molecule has 1 aromatic carbocycles. The van der Waals surface area contributed by atoms with Gasteiger partial charge in [-0.25, -0.2) is 4.79 Å². The molecule has 1 rings (SSSR count). The fourth-order valence-electron chi connectivity index (χ4n) is 1.81. The van der Waals surface area contributed by atoms with Crippen molar-refractivity contribution in [3.63, 3.8) is 0 Å². The zero-order chi connectivity index (χ0) is 11.6. The lowest BCUT2D eigenvalue weighted by Gasteiger charge is -2.12. The van der Waals surface area contributed by atoms with Gasteiger partial charge in [-0.1, -0.05) is 17.7 Å². The predicted octanol–water partition coefficient (Wildman–Crippen LogP) is 1.60. The summed E-state index contributed by atoms with van der Waals surface area (Å²) in [6.07, 6.45) is -1.14. The molecule has 0 fully saturated rings. The first-order valence-electron chi connectivity index (χ1n) is 4.89. The minimum Gasteiger partial charge on any atom is -0.479 e. The molecule has 0 heterocycles. The van der Waals surface area contributed by atoms with Gasteiger partial charge in [-0.05, 0) is 37.5 Å². The normalized spacial score (nSPS) is 12.5. The maximum absolute atomic E-state index is 10.5. The molecule has 1 atom stereocenters. The number of aliphatic hydroxyl groups is 1. The van der Waals surface area contributed by atoms with Crippen LogP contribution in [0, 0.1) is 20.8 Å². The summed E-state index contributed by atoms with van der Waals surface area (Å²) in [5.74, 6) is -1.17. The Hall–Kier alpha value is -1.35. The number of aryl methyl sites for hydroxylation is 3. The highest BCUT2D eigenvalue weighted by molar-refractivity contribution is 5.72. The van der Waals surface area contributed by atoms with Gasteiger partial charge in [0, 0.05) is 6.42 Å². The van der Waals surface area contributed by atoms with E-state index in [9.17, 15) is 9.90 Å². The minimum absolute atomic E-state index is 0.174. The Morgan fingerprint density at radius 3 is 2.13 bits per heavy atom. The van der Waals surface area contributed by atoms with E-state index in [1.807, 2.05) is 32.9 Å². The first-order chi connectivity index (χ1) is 6.91. The molecule has 0 radical (unpaired) electrons. The third-order valence-electron chi connectivity index (χ3n) is 2.52. The molecule has 0 amide bonds. The number of aliphatic hydroxyl groups excluding tert-OH is 1. The van der Waals surface area contributed by atoms with E-state index in [4.69, 9.17) is 5.11 Å². The standard InChI is InChI=1S/C12H16O3/c1-7-4-8(2)10(9(3)5-7)6-11(13)12(14)15/h4-5,11,13H,6H2,1-3H3,(H,14,15). The van der Waals surface area contributed by atoms with E-state index in [2.05, 4.69) is 0 Å². The maximum Gasteiger partial charge on any atom is 0.332 e. The zero-order valence-corrected chi connectivity index (χ0v) is 9.24. The monoisotopic (exact) mass is 208 g/mol. The van der Waals surface area contributed by atoms with E-state index in [1.54, 1.807) is 0 Å². The van der Waals surface area contributed by atoms with Crippen LogP contribution in [-0.2, 0) is 11.2 Å². The number of carboxylic acids is 1. The maximum atomic E-state index is 10.5. The third kappa shape index (κ3) is 2.80. The molecule has 15 heavy (non-hydrogen) atoms. The molecule has 1 unspecified atom stereocenters. The SMILES string of the molecule is Cc1cc(C)c(CC(O)C(=O)O)c(C)c1. The number of hydrogen-bond acceptors (Lipinski definition) is 2. The first kappa shape index (κ1) is 11.7. The van der Waals surface area contributed by atoms with Crippen molar-refractivity contribution in [3.05, 3.63) is 34.4 Å². The van der Waals surface area contributed by atoms with E-state index >= 15 is 0 Å².